The summed E-state index contributed by atoms with van der Waals surface area (Å²) in [6.07, 6.45) is 3.49. The van der Waals surface area contributed by atoms with E-state index in [0.29, 0.717) is 0 Å². The van der Waals surface area contributed by atoms with Gasteiger partial charge in [-0.05, 0) is 25.7 Å². The van der Waals surface area contributed by atoms with Gasteiger partial charge in [-0.3, -0.25) is 4.18 Å². The van der Waals surface area contributed by atoms with E-state index in [9.17, 15) is 8.42 Å². The molecule has 2 atom stereocenters. The molecule has 4 heteroatoms. The molecule has 2 rings (SSSR count). The van der Waals surface area contributed by atoms with Crippen molar-refractivity contribution in [2.75, 3.05) is 0 Å². The smallest absolute Gasteiger partial charge is 0.267 e. The first-order valence-electron chi connectivity index (χ1n) is 6.60. The lowest BCUT2D eigenvalue weighted by Gasteiger charge is -2.11. The zero-order valence-corrected chi connectivity index (χ0v) is 12.4. The van der Waals surface area contributed by atoms with E-state index in [4.69, 9.17) is 4.18 Å². The molecule has 1 aliphatic heterocycles. The first-order valence-corrected chi connectivity index (χ1v) is 8.08. The molecule has 100 valence electrons. The van der Waals surface area contributed by atoms with Gasteiger partial charge in [-0.1, -0.05) is 41.5 Å². The molecule has 0 spiro atoms. The van der Waals surface area contributed by atoms with E-state index in [0.717, 1.165) is 25.7 Å². The first-order chi connectivity index (χ1) is 7.68. The van der Waals surface area contributed by atoms with Crippen LogP contribution in [0.1, 0.15) is 67.2 Å². The standard InChI is InChI=1S/C6H10O3S.3C2H6/c7-10(8)6-3-1-2-5(4-6)9-10;3*1-2/h5-6H,1-4H2;3*1-2H3. The minimum atomic E-state index is -3.12. The van der Waals surface area contributed by atoms with Gasteiger partial charge in [-0.15, -0.1) is 0 Å². The fourth-order valence-electron chi connectivity index (χ4n) is 1.72. The Hall–Kier alpha value is -0.0900. The molecule has 0 aromatic rings. The topological polar surface area (TPSA) is 43.4 Å². The molecule has 0 radical (unpaired) electrons. The Labute approximate surface area is 102 Å². The summed E-state index contributed by atoms with van der Waals surface area (Å²) in [6.45, 7) is 12.0. The summed E-state index contributed by atoms with van der Waals surface area (Å²) < 4.78 is 26.9. The van der Waals surface area contributed by atoms with Gasteiger partial charge in [0, 0.05) is 0 Å². The van der Waals surface area contributed by atoms with Gasteiger partial charge in [0.1, 0.15) is 0 Å². The average molecular weight is 252 g/mol. The number of fused-ring (bicyclic) bond motifs is 2. The van der Waals surface area contributed by atoms with E-state index in [1.54, 1.807) is 0 Å². The fourth-order valence-corrected chi connectivity index (χ4v) is 3.34. The van der Waals surface area contributed by atoms with E-state index in [1.165, 1.54) is 0 Å². The summed E-state index contributed by atoms with van der Waals surface area (Å²) in [4.78, 5) is 0. The van der Waals surface area contributed by atoms with Crippen molar-refractivity contribution >= 4 is 10.1 Å². The predicted molar refractivity (Wildman–Crippen MR) is 70.1 cm³/mol. The maximum Gasteiger partial charge on any atom is 0.270 e. The SMILES string of the molecule is CC.CC.CC.O=S1(=O)OC2CCCC1C2. The first kappa shape index (κ1) is 18.3. The van der Waals surface area contributed by atoms with Crippen LogP contribution in [0.5, 0.6) is 0 Å². The Balaban J connectivity index is 0. The minimum Gasteiger partial charge on any atom is -0.267 e. The molecule has 2 unspecified atom stereocenters. The van der Waals surface area contributed by atoms with Gasteiger partial charge in [0.15, 0.2) is 0 Å². The van der Waals surface area contributed by atoms with E-state index in [2.05, 4.69) is 0 Å². The number of hydrogen-bond donors (Lipinski definition) is 0. The van der Waals surface area contributed by atoms with Crippen LogP contribution in [-0.2, 0) is 14.3 Å². The van der Waals surface area contributed by atoms with Gasteiger partial charge < -0.3 is 0 Å². The maximum atomic E-state index is 11.0. The van der Waals surface area contributed by atoms with Crippen molar-refractivity contribution < 1.29 is 12.6 Å². The highest BCUT2D eigenvalue weighted by Crippen LogP contribution is 2.34. The third kappa shape index (κ3) is 5.30. The number of rotatable bonds is 0. The summed E-state index contributed by atoms with van der Waals surface area (Å²) in [5.41, 5.74) is 0. The molecule has 0 amide bonds. The van der Waals surface area contributed by atoms with Crippen molar-refractivity contribution in [1.29, 1.82) is 0 Å². The van der Waals surface area contributed by atoms with Crippen molar-refractivity contribution in [1.82, 2.24) is 0 Å². The lowest BCUT2D eigenvalue weighted by Crippen LogP contribution is -2.16. The highest BCUT2D eigenvalue weighted by Gasteiger charge is 2.41. The summed E-state index contributed by atoms with van der Waals surface area (Å²) in [6, 6.07) is 0. The molecule has 2 fully saturated rings. The van der Waals surface area contributed by atoms with Crippen LogP contribution >= 0.6 is 0 Å². The van der Waals surface area contributed by atoms with Crippen molar-refractivity contribution in [2.45, 2.75) is 78.6 Å². The van der Waals surface area contributed by atoms with Crippen LogP contribution in [0.25, 0.3) is 0 Å². The third-order valence-corrected chi connectivity index (χ3v) is 4.04. The molecular formula is C12H28O3S. The fraction of sp³-hybridized carbons (Fsp3) is 1.00. The molecule has 0 N–H and O–H groups in total. The predicted octanol–water partition coefficient (Wildman–Crippen LogP) is 3.74. The van der Waals surface area contributed by atoms with Crippen LogP contribution in [0, 0.1) is 0 Å². The summed E-state index contributed by atoms with van der Waals surface area (Å²) in [7, 11) is -3.12. The lowest BCUT2D eigenvalue weighted by molar-refractivity contribution is 0.210. The van der Waals surface area contributed by atoms with Crippen molar-refractivity contribution in [2.24, 2.45) is 0 Å². The Morgan fingerprint density at radius 2 is 1.44 bits per heavy atom. The quantitative estimate of drug-likeness (QED) is 0.617. The second-order valence-corrected chi connectivity index (χ2v) is 4.84. The summed E-state index contributed by atoms with van der Waals surface area (Å²) in [5, 5.41) is -0.175. The molecule has 2 aliphatic rings. The molecular weight excluding hydrogens is 224 g/mol. The molecule has 2 bridgehead atoms. The molecule has 1 aliphatic carbocycles. The van der Waals surface area contributed by atoms with E-state index in [-0.39, 0.29) is 11.4 Å². The zero-order valence-electron chi connectivity index (χ0n) is 11.6. The van der Waals surface area contributed by atoms with Gasteiger partial charge in [-0.25, -0.2) is 0 Å². The van der Waals surface area contributed by atoms with E-state index >= 15 is 0 Å². The molecule has 1 saturated heterocycles. The highest BCUT2D eigenvalue weighted by molar-refractivity contribution is 7.87. The van der Waals surface area contributed by atoms with E-state index in [1.807, 2.05) is 41.5 Å². The van der Waals surface area contributed by atoms with E-state index < -0.39 is 10.1 Å². The number of hydrogen-bond acceptors (Lipinski definition) is 3. The second-order valence-electron chi connectivity index (χ2n) is 3.00. The highest BCUT2D eigenvalue weighted by atomic mass is 32.2. The monoisotopic (exact) mass is 252 g/mol. The van der Waals surface area contributed by atoms with Gasteiger partial charge in [0.05, 0.1) is 11.4 Å². The molecule has 3 nitrogen and oxygen atoms in total. The van der Waals surface area contributed by atoms with Crippen molar-refractivity contribution in [3.8, 4) is 0 Å². The van der Waals surface area contributed by atoms with Gasteiger partial charge in [-0.2, -0.15) is 8.42 Å². The minimum absolute atomic E-state index is 0.0174. The van der Waals surface area contributed by atoms with Crippen LogP contribution in [0.3, 0.4) is 0 Å². The van der Waals surface area contributed by atoms with Gasteiger partial charge in [0.25, 0.3) is 10.1 Å². The maximum absolute atomic E-state index is 11.0. The van der Waals surface area contributed by atoms with Crippen LogP contribution in [0.15, 0.2) is 0 Å². The molecule has 0 aromatic heterocycles. The zero-order chi connectivity index (χ0) is 13.2. The van der Waals surface area contributed by atoms with Crippen LogP contribution < -0.4 is 0 Å². The Morgan fingerprint density at radius 3 is 1.81 bits per heavy atom. The van der Waals surface area contributed by atoms with Gasteiger partial charge >= 0.3 is 0 Å². The lowest BCUT2D eigenvalue weighted by atomic mass is 9.98. The molecule has 1 saturated carbocycles. The summed E-state index contributed by atoms with van der Waals surface area (Å²) >= 11 is 0. The largest absolute Gasteiger partial charge is 0.270 e. The Kier molecular flexibility index (Phi) is 11.5. The van der Waals surface area contributed by atoms with Crippen molar-refractivity contribution in [3.63, 3.8) is 0 Å². The normalized spacial score (nSPS) is 28.4. The van der Waals surface area contributed by atoms with Crippen molar-refractivity contribution in [3.05, 3.63) is 0 Å². The van der Waals surface area contributed by atoms with Crippen LogP contribution in [-0.4, -0.2) is 19.8 Å². The van der Waals surface area contributed by atoms with Gasteiger partial charge in [0.2, 0.25) is 0 Å². The molecule has 16 heavy (non-hydrogen) atoms. The Morgan fingerprint density at radius 1 is 0.938 bits per heavy atom. The van der Waals surface area contributed by atoms with Crippen LogP contribution in [0.4, 0.5) is 0 Å². The third-order valence-electron chi connectivity index (χ3n) is 2.26. The molecule has 1 heterocycles. The van der Waals surface area contributed by atoms with Crippen LogP contribution in [0.2, 0.25) is 0 Å². The average Bonchev–Trinajstić information content (AvgIpc) is 2.56. The second kappa shape index (κ2) is 10.1. The summed E-state index contributed by atoms with van der Waals surface area (Å²) in [5.74, 6) is 0. The molecule has 0 aromatic carbocycles. The Bertz CT molecular complexity index is 235.